The average Bonchev–Trinajstić information content (AvgIpc) is 2.91. The van der Waals surface area contributed by atoms with Crippen molar-refractivity contribution >= 4 is 16.0 Å². The zero-order valence-electron chi connectivity index (χ0n) is 9.42. The van der Waals surface area contributed by atoms with E-state index in [0.717, 1.165) is 25.0 Å². The predicted octanol–water partition coefficient (Wildman–Crippen LogP) is 0.0286. The van der Waals surface area contributed by atoms with Gasteiger partial charge >= 0.3 is 5.97 Å². The summed E-state index contributed by atoms with van der Waals surface area (Å²) in [5, 5.41) is 17.3. The second kappa shape index (κ2) is 4.38. The summed E-state index contributed by atoms with van der Waals surface area (Å²) in [5.74, 6) is -1.76. The van der Waals surface area contributed by atoms with Crippen molar-refractivity contribution in [1.82, 2.24) is 4.72 Å². The number of carbonyl (C=O) groups is 1. The zero-order chi connectivity index (χ0) is 13.4. The molecule has 0 bridgehead atoms. The van der Waals surface area contributed by atoms with Gasteiger partial charge in [-0.3, -0.25) is 0 Å². The third-order valence-electron chi connectivity index (χ3n) is 2.99. The lowest BCUT2D eigenvalue weighted by molar-refractivity contribution is 0.0656. The van der Waals surface area contributed by atoms with Crippen LogP contribution in [0.15, 0.2) is 21.6 Å². The minimum Gasteiger partial charge on any atom is -0.475 e. The highest BCUT2D eigenvalue weighted by molar-refractivity contribution is 7.89. The van der Waals surface area contributed by atoms with Gasteiger partial charge in [0, 0.05) is 18.6 Å². The molecule has 1 aromatic rings. The van der Waals surface area contributed by atoms with E-state index in [1.807, 2.05) is 0 Å². The Labute approximate surface area is 103 Å². The van der Waals surface area contributed by atoms with E-state index in [1.54, 1.807) is 0 Å². The maximum absolute atomic E-state index is 11.8. The molecule has 1 heterocycles. The number of carboxylic acid groups (broad SMARTS) is 1. The molecule has 1 fully saturated rings. The molecule has 0 unspecified atom stereocenters. The molecule has 7 nitrogen and oxygen atoms in total. The van der Waals surface area contributed by atoms with Crippen molar-refractivity contribution in [1.29, 1.82) is 0 Å². The van der Waals surface area contributed by atoms with Crippen molar-refractivity contribution in [2.75, 3.05) is 13.2 Å². The number of furan rings is 1. The highest BCUT2D eigenvalue weighted by Gasteiger charge is 2.42. The molecule has 0 aromatic carbocycles. The largest absolute Gasteiger partial charge is 0.475 e. The highest BCUT2D eigenvalue weighted by atomic mass is 32.2. The van der Waals surface area contributed by atoms with Crippen LogP contribution in [0.3, 0.4) is 0 Å². The van der Waals surface area contributed by atoms with E-state index in [0.29, 0.717) is 0 Å². The standard InChI is InChI=1S/C10H13NO6S/c12-6-10(3-4-10)5-11-18(15,16)8-2-1-7(17-8)9(13)14/h1-2,11-12H,3-6H2,(H,13,14). The van der Waals surface area contributed by atoms with Gasteiger partial charge < -0.3 is 14.6 Å². The van der Waals surface area contributed by atoms with E-state index < -0.39 is 26.8 Å². The Bertz CT molecular complexity index is 557. The summed E-state index contributed by atoms with van der Waals surface area (Å²) in [6.07, 6.45) is 1.54. The first-order valence-corrected chi connectivity index (χ1v) is 6.81. The maximum atomic E-state index is 11.8. The molecule has 100 valence electrons. The van der Waals surface area contributed by atoms with E-state index in [1.165, 1.54) is 0 Å². The number of aliphatic hydroxyl groups excluding tert-OH is 1. The van der Waals surface area contributed by atoms with Crippen LogP contribution in [0.25, 0.3) is 0 Å². The van der Waals surface area contributed by atoms with E-state index in [-0.39, 0.29) is 18.6 Å². The fourth-order valence-corrected chi connectivity index (χ4v) is 2.55. The van der Waals surface area contributed by atoms with Gasteiger partial charge in [0.15, 0.2) is 0 Å². The molecule has 0 saturated heterocycles. The molecule has 3 N–H and O–H groups in total. The number of aliphatic hydroxyl groups is 1. The van der Waals surface area contributed by atoms with Crippen LogP contribution in [0.4, 0.5) is 0 Å². The van der Waals surface area contributed by atoms with Crippen LogP contribution in [-0.2, 0) is 10.0 Å². The fourth-order valence-electron chi connectivity index (χ4n) is 1.47. The third-order valence-corrected chi connectivity index (χ3v) is 4.26. The number of sulfonamides is 1. The summed E-state index contributed by atoms with van der Waals surface area (Å²) in [6, 6.07) is 2.17. The number of nitrogens with one attached hydrogen (secondary N) is 1. The van der Waals surface area contributed by atoms with Gasteiger partial charge in [-0.2, -0.15) is 0 Å². The van der Waals surface area contributed by atoms with Crippen molar-refractivity contribution in [2.45, 2.75) is 17.9 Å². The molecule has 0 amide bonds. The smallest absolute Gasteiger partial charge is 0.371 e. The number of aromatic carboxylic acids is 1. The van der Waals surface area contributed by atoms with E-state index in [2.05, 4.69) is 4.72 Å². The molecule has 2 rings (SSSR count). The molecule has 0 aliphatic heterocycles. The summed E-state index contributed by atoms with van der Waals surface area (Å²) < 4.78 is 30.6. The van der Waals surface area contributed by atoms with Crippen LogP contribution >= 0.6 is 0 Å². The Morgan fingerprint density at radius 2 is 2.11 bits per heavy atom. The third kappa shape index (κ3) is 2.55. The summed E-state index contributed by atoms with van der Waals surface area (Å²) in [4.78, 5) is 10.6. The van der Waals surface area contributed by atoms with E-state index in [9.17, 15) is 13.2 Å². The van der Waals surface area contributed by atoms with E-state index >= 15 is 0 Å². The van der Waals surface area contributed by atoms with Gasteiger partial charge in [-0.15, -0.1) is 0 Å². The van der Waals surface area contributed by atoms with Crippen LogP contribution in [-0.4, -0.2) is 37.8 Å². The van der Waals surface area contributed by atoms with Gasteiger partial charge in [0.25, 0.3) is 10.0 Å². The van der Waals surface area contributed by atoms with Crippen molar-refractivity contribution in [3.63, 3.8) is 0 Å². The first kappa shape index (κ1) is 13.1. The van der Waals surface area contributed by atoms with Crippen molar-refractivity contribution < 1.29 is 27.8 Å². The van der Waals surface area contributed by atoms with Crippen molar-refractivity contribution in [3.8, 4) is 0 Å². The second-order valence-corrected chi connectivity index (χ2v) is 6.10. The Hall–Kier alpha value is -1.38. The first-order valence-electron chi connectivity index (χ1n) is 5.32. The molecule has 0 spiro atoms. The summed E-state index contributed by atoms with van der Waals surface area (Å²) in [7, 11) is -3.87. The minimum absolute atomic E-state index is 0.0753. The fraction of sp³-hybridized carbons (Fsp3) is 0.500. The molecule has 1 saturated carbocycles. The van der Waals surface area contributed by atoms with E-state index in [4.69, 9.17) is 14.6 Å². The van der Waals surface area contributed by atoms with Gasteiger partial charge in [-0.05, 0) is 25.0 Å². The normalized spacial score (nSPS) is 17.6. The number of carboxylic acids is 1. The molecule has 1 aromatic heterocycles. The van der Waals surface area contributed by atoms with Crippen LogP contribution in [0.1, 0.15) is 23.4 Å². The molecule has 1 aliphatic carbocycles. The summed E-state index contributed by atoms with van der Waals surface area (Å²) >= 11 is 0. The lowest BCUT2D eigenvalue weighted by atomic mass is 10.1. The number of hydrogen-bond donors (Lipinski definition) is 3. The van der Waals surface area contributed by atoms with Crippen LogP contribution < -0.4 is 4.72 Å². The summed E-state index contributed by atoms with van der Waals surface area (Å²) in [6.45, 7) is 0.0446. The Balaban J connectivity index is 2.08. The molecule has 18 heavy (non-hydrogen) atoms. The highest BCUT2D eigenvalue weighted by Crippen LogP contribution is 2.44. The van der Waals surface area contributed by atoms with Gasteiger partial charge in [-0.1, -0.05) is 0 Å². The van der Waals surface area contributed by atoms with Crippen LogP contribution in [0.2, 0.25) is 0 Å². The zero-order valence-corrected chi connectivity index (χ0v) is 10.2. The lowest BCUT2D eigenvalue weighted by Gasteiger charge is -2.11. The van der Waals surface area contributed by atoms with Crippen molar-refractivity contribution in [2.24, 2.45) is 5.41 Å². The number of rotatable bonds is 6. The molecular weight excluding hydrogens is 262 g/mol. The van der Waals surface area contributed by atoms with Crippen LogP contribution in [0, 0.1) is 5.41 Å². The van der Waals surface area contributed by atoms with Crippen LogP contribution in [0.5, 0.6) is 0 Å². The Morgan fingerprint density at radius 1 is 1.44 bits per heavy atom. The van der Waals surface area contributed by atoms with Gasteiger partial charge in [0.2, 0.25) is 10.9 Å². The van der Waals surface area contributed by atoms with Gasteiger partial charge in [-0.25, -0.2) is 17.9 Å². The quantitative estimate of drug-likeness (QED) is 0.674. The minimum atomic E-state index is -3.87. The predicted molar refractivity (Wildman–Crippen MR) is 59.6 cm³/mol. The molecule has 0 radical (unpaired) electrons. The maximum Gasteiger partial charge on any atom is 0.371 e. The first-order chi connectivity index (χ1) is 8.38. The Morgan fingerprint density at radius 3 is 2.56 bits per heavy atom. The van der Waals surface area contributed by atoms with Gasteiger partial charge in [0.05, 0.1) is 0 Å². The lowest BCUT2D eigenvalue weighted by Crippen LogP contribution is -2.31. The SMILES string of the molecule is O=C(O)c1ccc(S(=O)(=O)NCC2(CO)CC2)o1. The second-order valence-electron chi connectivity index (χ2n) is 4.41. The molecule has 0 atom stereocenters. The van der Waals surface area contributed by atoms with Gasteiger partial charge in [0.1, 0.15) is 0 Å². The topological polar surface area (TPSA) is 117 Å². The average molecular weight is 275 g/mol. The summed E-state index contributed by atoms with van der Waals surface area (Å²) in [5.41, 5.74) is -0.366. The monoisotopic (exact) mass is 275 g/mol. The Kier molecular flexibility index (Phi) is 3.18. The molecule has 8 heteroatoms. The molecular formula is C10H13NO6S. The number of hydrogen-bond acceptors (Lipinski definition) is 5. The molecule has 1 aliphatic rings. The van der Waals surface area contributed by atoms with Crippen molar-refractivity contribution in [3.05, 3.63) is 17.9 Å².